The Labute approximate surface area is 190 Å². The Hall–Kier alpha value is -3.23. The lowest BCUT2D eigenvalue weighted by Gasteiger charge is -2.29. The Balaban J connectivity index is 1.72. The smallest absolute Gasteiger partial charge is 0.406 e. The lowest BCUT2D eigenvalue weighted by Crippen LogP contribution is -2.22. The molecule has 1 amide bonds. The molecular weight excluding hydrogens is 433 g/mol. The predicted molar refractivity (Wildman–Crippen MR) is 121 cm³/mol. The molecule has 6 nitrogen and oxygen atoms in total. The molecule has 9 heteroatoms. The van der Waals surface area contributed by atoms with Crippen LogP contribution in [-0.4, -0.2) is 40.8 Å². The first-order chi connectivity index (χ1) is 15.6. The number of amides is 1. The van der Waals surface area contributed by atoms with Crippen LogP contribution in [0.5, 0.6) is 5.75 Å². The third-order valence-electron chi connectivity index (χ3n) is 5.96. The zero-order chi connectivity index (χ0) is 23.8. The quantitative estimate of drug-likeness (QED) is 0.498. The molecule has 1 heterocycles. The molecule has 2 unspecified atom stereocenters. The lowest BCUT2D eigenvalue weighted by atomic mass is 9.87. The second-order valence-electron chi connectivity index (χ2n) is 8.83. The molecule has 0 radical (unpaired) electrons. The summed E-state index contributed by atoms with van der Waals surface area (Å²) in [6.45, 7) is 2.23. The normalized spacial score (nSPS) is 18.8. The number of carbonyl (C=O) groups is 1. The van der Waals surface area contributed by atoms with Gasteiger partial charge in [-0.2, -0.15) is 0 Å². The van der Waals surface area contributed by atoms with E-state index in [-0.39, 0.29) is 17.7 Å². The van der Waals surface area contributed by atoms with E-state index in [9.17, 15) is 18.0 Å². The van der Waals surface area contributed by atoms with Crippen molar-refractivity contribution >= 4 is 28.6 Å². The summed E-state index contributed by atoms with van der Waals surface area (Å²) in [6.07, 6.45) is -0.469. The minimum atomic E-state index is -4.73. The third-order valence-corrected chi connectivity index (χ3v) is 5.96. The Kier molecular flexibility index (Phi) is 6.23. The van der Waals surface area contributed by atoms with Crippen molar-refractivity contribution in [2.75, 3.05) is 19.4 Å². The number of carbonyl (C=O) groups excluding carboxylic acids is 1. The van der Waals surface area contributed by atoms with Gasteiger partial charge in [0.1, 0.15) is 5.75 Å². The van der Waals surface area contributed by atoms with Crippen molar-refractivity contribution in [2.24, 2.45) is 5.92 Å². The molecule has 1 aromatic heterocycles. The average Bonchev–Trinajstić information content (AvgIpc) is 3.10. The van der Waals surface area contributed by atoms with E-state index in [1.807, 2.05) is 12.1 Å². The number of imidazole rings is 1. The van der Waals surface area contributed by atoms with Gasteiger partial charge >= 0.3 is 6.36 Å². The maximum absolute atomic E-state index is 12.5. The molecule has 176 valence electrons. The minimum absolute atomic E-state index is 0.0866. The first kappa shape index (κ1) is 22.9. The summed E-state index contributed by atoms with van der Waals surface area (Å²) in [4.78, 5) is 18.8. The molecule has 1 aliphatic rings. The number of halogens is 3. The van der Waals surface area contributed by atoms with Crippen LogP contribution >= 0.6 is 0 Å². The number of rotatable bonds is 5. The van der Waals surface area contributed by atoms with E-state index in [2.05, 4.69) is 21.5 Å². The highest BCUT2D eigenvalue weighted by Crippen LogP contribution is 2.38. The van der Waals surface area contributed by atoms with E-state index in [4.69, 9.17) is 4.98 Å². The third kappa shape index (κ3) is 5.23. The van der Waals surface area contributed by atoms with E-state index in [0.717, 1.165) is 30.3 Å². The number of nitrogens with zero attached hydrogens (tertiary/aromatic N) is 3. The average molecular weight is 461 g/mol. The molecule has 0 spiro atoms. The summed E-state index contributed by atoms with van der Waals surface area (Å²) >= 11 is 0. The van der Waals surface area contributed by atoms with Gasteiger partial charge in [-0.25, -0.2) is 4.98 Å². The summed E-state index contributed by atoms with van der Waals surface area (Å²) < 4.78 is 43.5. The number of benzene rings is 2. The van der Waals surface area contributed by atoms with Crippen molar-refractivity contribution in [1.82, 2.24) is 14.5 Å². The molecule has 0 saturated heterocycles. The Morgan fingerprint density at radius 1 is 1.15 bits per heavy atom. The molecule has 3 aromatic rings. The zero-order valence-corrected chi connectivity index (χ0v) is 18.8. The topological polar surface area (TPSA) is 59.4 Å². The fourth-order valence-corrected chi connectivity index (χ4v) is 4.45. The van der Waals surface area contributed by atoms with Gasteiger partial charge in [0.05, 0.1) is 11.0 Å². The van der Waals surface area contributed by atoms with Crippen LogP contribution in [0.25, 0.3) is 11.0 Å². The highest BCUT2D eigenvalue weighted by molar-refractivity contribution is 5.97. The SMILES string of the molecule is CC1CCCC(n2c(Nc3ccc(OC(F)(F)F)cc3)nc3ccc(C(=O)N(C)C)cc32)C1. The number of hydrogen-bond acceptors (Lipinski definition) is 4. The Morgan fingerprint density at radius 3 is 2.52 bits per heavy atom. The maximum Gasteiger partial charge on any atom is 0.573 e. The number of anilines is 2. The first-order valence-electron chi connectivity index (χ1n) is 11.0. The predicted octanol–water partition coefficient (Wildman–Crippen LogP) is 6.13. The van der Waals surface area contributed by atoms with E-state index in [1.165, 1.54) is 35.6 Å². The van der Waals surface area contributed by atoms with E-state index < -0.39 is 6.36 Å². The summed E-state index contributed by atoms with van der Waals surface area (Å²) in [5.74, 6) is 0.799. The van der Waals surface area contributed by atoms with Gasteiger partial charge in [0.25, 0.3) is 5.91 Å². The van der Waals surface area contributed by atoms with Crippen molar-refractivity contribution < 1.29 is 22.7 Å². The summed E-state index contributed by atoms with van der Waals surface area (Å²) in [7, 11) is 3.43. The molecule has 2 atom stereocenters. The fourth-order valence-electron chi connectivity index (χ4n) is 4.45. The van der Waals surface area contributed by atoms with Crippen LogP contribution in [0.4, 0.5) is 24.8 Å². The number of fused-ring (bicyclic) bond motifs is 1. The lowest BCUT2D eigenvalue weighted by molar-refractivity contribution is -0.274. The molecular formula is C24H27F3N4O2. The van der Waals surface area contributed by atoms with Gasteiger partial charge in [-0.05, 0) is 61.2 Å². The second-order valence-corrected chi connectivity index (χ2v) is 8.83. The number of ether oxygens (including phenoxy) is 1. The van der Waals surface area contributed by atoms with Crippen LogP contribution in [0.3, 0.4) is 0 Å². The first-order valence-corrected chi connectivity index (χ1v) is 11.0. The maximum atomic E-state index is 12.5. The molecule has 33 heavy (non-hydrogen) atoms. The second kappa shape index (κ2) is 8.96. The van der Waals surface area contributed by atoms with Crippen molar-refractivity contribution in [3.05, 3.63) is 48.0 Å². The van der Waals surface area contributed by atoms with Gasteiger partial charge in [-0.15, -0.1) is 13.2 Å². The van der Waals surface area contributed by atoms with Crippen LogP contribution in [0.2, 0.25) is 0 Å². The highest BCUT2D eigenvalue weighted by atomic mass is 19.4. The summed E-state index contributed by atoms with van der Waals surface area (Å²) in [5.41, 5.74) is 2.79. The van der Waals surface area contributed by atoms with Crippen LogP contribution in [0, 0.1) is 5.92 Å². The highest BCUT2D eigenvalue weighted by Gasteiger charge is 2.31. The van der Waals surface area contributed by atoms with Crippen LogP contribution < -0.4 is 10.1 Å². The van der Waals surface area contributed by atoms with Crippen LogP contribution in [0.1, 0.15) is 49.0 Å². The molecule has 4 rings (SSSR count). The van der Waals surface area contributed by atoms with Crippen molar-refractivity contribution in [2.45, 2.75) is 45.0 Å². The standard InChI is InChI=1S/C24H27F3N4O2/c1-15-5-4-6-18(13-15)31-21-14-16(22(32)30(2)3)7-12-20(21)29-23(31)28-17-8-10-19(11-9-17)33-24(25,26)27/h7-12,14-15,18H,4-6,13H2,1-3H3,(H,28,29). The Bertz CT molecular complexity index is 1140. The molecule has 0 aliphatic heterocycles. The van der Waals surface area contributed by atoms with E-state index in [1.54, 1.807) is 20.2 Å². The molecule has 1 aliphatic carbocycles. The van der Waals surface area contributed by atoms with Gasteiger partial charge in [0.15, 0.2) is 0 Å². The molecule has 2 aromatic carbocycles. The summed E-state index contributed by atoms with van der Waals surface area (Å²) in [5, 5.41) is 3.26. The van der Waals surface area contributed by atoms with Crippen molar-refractivity contribution in [3.8, 4) is 5.75 Å². The van der Waals surface area contributed by atoms with Gasteiger partial charge in [-0.1, -0.05) is 19.8 Å². The van der Waals surface area contributed by atoms with Gasteiger partial charge in [-0.3, -0.25) is 4.79 Å². The fraction of sp³-hybridized carbons (Fsp3) is 0.417. The van der Waals surface area contributed by atoms with Crippen LogP contribution in [-0.2, 0) is 0 Å². The number of alkyl halides is 3. The van der Waals surface area contributed by atoms with E-state index >= 15 is 0 Å². The number of aromatic nitrogens is 2. The molecule has 0 bridgehead atoms. The van der Waals surface area contributed by atoms with Gasteiger partial charge in [0, 0.05) is 31.4 Å². The molecule has 1 N–H and O–H groups in total. The number of nitrogens with one attached hydrogen (secondary N) is 1. The van der Waals surface area contributed by atoms with Gasteiger partial charge in [0.2, 0.25) is 5.95 Å². The van der Waals surface area contributed by atoms with Gasteiger partial charge < -0.3 is 19.5 Å². The van der Waals surface area contributed by atoms with Crippen molar-refractivity contribution in [3.63, 3.8) is 0 Å². The van der Waals surface area contributed by atoms with Crippen molar-refractivity contribution in [1.29, 1.82) is 0 Å². The van der Waals surface area contributed by atoms with Crippen LogP contribution in [0.15, 0.2) is 42.5 Å². The monoisotopic (exact) mass is 460 g/mol. The number of hydrogen-bond donors (Lipinski definition) is 1. The molecule has 1 fully saturated rings. The summed E-state index contributed by atoms with van der Waals surface area (Å²) in [6, 6.07) is 11.2. The zero-order valence-electron chi connectivity index (χ0n) is 18.8. The van der Waals surface area contributed by atoms with E-state index in [0.29, 0.717) is 23.1 Å². The largest absolute Gasteiger partial charge is 0.573 e. The Morgan fingerprint density at radius 2 is 1.88 bits per heavy atom. The minimum Gasteiger partial charge on any atom is -0.406 e. The molecule has 1 saturated carbocycles.